The average Bonchev–Trinajstić information content (AvgIpc) is 3.08. The van der Waals surface area contributed by atoms with E-state index in [0.29, 0.717) is 13.1 Å². The number of furan rings is 1. The number of piperazine rings is 1. The maximum Gasteiger partial charge on any atom is 0.234 e. The largest absolute Gasteiger partial charge is 0.467 e. The SMILES string of the molecule is O=C(CN1CCN(c2ccc(F)cc2)CC1)NCc1ccco1. The summed E-state index contributed by atoms with van der Waals surface area (Å²) < 4.78 is 18.1. The molecule has 0 atom stereocenters. The number of rotatable bonds is 5. The second-order valence-corrected chi connectivity index (χ2v) is 5.60. The summed E-state index contributed by atoms with van der Waals surface area (Å²) in [7, 11) is 0. The number of halogens is 1. The lowest BCUT2D eigenvalue weighted by atomic mass is 10.2. The van der Waals surface area contributed by atoms with Crippen molar-refractivity contribution in [3.63, 3.8) is 0 Å². The first-order valence-electron chi connectivity index (χ1n) is 7.73. The van der Waals surface area contributed by atoms with Gasteiger partial charge in [-0.15, -0.1) is 0 Å². The summed E-state index contributed by atoms with van der Waals surface area (Å²) in [5, 5.41) is 2.85. The van der Waals surface area contributed by atoms with Crippen LogP contribution in [0.4, 0.5) is 10.1 Å². The maximum absolute atomic E-state index is 13.0. The zero-order valence-corrected chi connectivity index (χ0v) is 12.9. The topological polar surface area (TPSA) is 48.7 Å². The Kier molecular flexibility index (Phi) is 4.92. The minimum atomic E-state index is -0.222. The summed E-state index contributed by atoms with van der Waals surface area (Å²) in [6, 6.07) is 10.2. The molecule has 1 aliphatic heterocycles. The molecule has 1 fully saturated rings. The fourth-order valence-corrected chi connectivity index (χ4v) is 2.67. The van der Waals surface area contributed by atoms with E-state index in [9.17, 15) is 9.18 Å². The number of carbonyl (C=O) groups excluding carboxylic acids is 1. The smallest absolute Gasteiger partial charge is 0.234 e. The Hall–Kier alpha value is -2.34. The Balaban J connectivity index is 1.42. The summed E-state index contributed by atoms with van der Waals surface area (Å²) in [5.41, 5.74) is 1.02. The van der Waals surface area contributed by atoms with Gasteiger partial charge in [-0.25, -0.2) is 4.39 Å². The molecule has 23 heavy (non-hydrogen) atoms. The summed E-state index contributed by atoms with van der Waals surface area (Å²) in [6.45, 7) is 4.09. The third kappa shape index (κ3) is 4.32. The van der Waals surface area contributed by atoms with Gasteiger partial charge in [-0.1, -0.05) is 0 Å². The van der Waals surface area contributed by atoms with Gasteiger partial charge >= 0.3 is 0 Å². The van der Waals surface area contributed by atoms with E-state index >= 15 is 0 Å². The van der Waals surface area contributed by atoms with E-state index in [1.54, 1.807) is 24.5 Å². The van der Waals surface area contributed by atoms with Gasteiger partial charge in [0.25, 0.3) is 0 Å². The Labute approximate surface area is 134 Å². The van der Waals surface area contributed by atoms with Crippen LogP contribution in [0.15, 0.2) is 47.1 Å². The number of hydrogen-bond donors (Lipinski definition) is 1. The van der Waals surface area contributed by atoms with Gasteiger partial charge in [0.1, 0.15) is 11.6 Å². The lowest BCUT2D eigenvalue weighted by Crippen LogP contribution is -2.49. The molecule has 6 heteroatoms. The highest BCUT2D eigenvalue weighted by Crippen LogP contribution is 2.16. The molecule has 0 unspecified atom stereocenters. The molecule has 1 N–H and O–H groups in total. The van der Waals surface area contributed by atoms with Crippen molar-refractivity contribution < 1.29 is 13.6 Å². The fraction of sp³-hybridized carbons (Fsp3) is 0.353. The first-order chi connectivity index (χ1) is 11.2. The van der Waals surface area contributed by atoms with E-state index in [-0.39, 0.29) is 11.7 Å². The molecule has 122 valence electrons. The highest BCUT2D eigenvalue weighted by Gasteiger charge is 2.19. The molecule has 0 spiro atoms. The van der Waals surface area contributed by atoms with Crippen molar-refractivity contribution in [2.75, 3.05) is 37.6 Å². The molecule has 5 nitrogen and oxygen atoms in total. The number of amides is 1. The minimum Gasteiger partial charge on any atom is -0.467 e. The summed E-state index contributed by atoms with van der Waals surface area (Å²) in [5.74, 6) is 0.525. The van der Waals surface area contributed by atoms with E-state index in [2.05, 4.69) is 15.1 Å². The molecule has 1 saturated heterocycles. The number of anilines is 1. The monoisotopic (exact) mass is 317 g/mol. The van der Waals surface area contributed by atoms with Crippen LogP contribution in [-0.2, 0) is 11.3 Å². The van der Waals surface area contributed by atoms with Crippen LogP contribution in [0.2, 0.25) is 0 Å². The van der Waals surface area contributed by atoms with E-state index in [1.807, 2.05) is 6.07 Å². The van der Waals surface area contributed by atoms with Crippen LogP contribution in [-0.4, -0.2) is 43.5 Å². The molecular formula is C17H20FN3O2. The van der Waals surface area contributed by atoms with Gasteiger partial charge in [0.15, 0.2) is 0 Å². The van der Waals surface area contributed by atoms with Crippen LogP contribution in [0.1, 0.15) is 5.76 Å². The number of hydrogen-bond acceptors (Lipinski definition) is 4. The van der Waals surface area contributed by atoms with Gasteiger partial charge in [0.05, 0.1) is 19.4 Å². The van der Waals surface area contributed by atoms with Gasteiger partial charge in [0, 0.05) is 31.9 Å². The summed E-state index contributed by atoms with van der Waals surface area (Å²) in [4.78, 5) is 16.3. The number of nitrogens with zero attached hydrogens (tertiary/aromatic N) is 2. The van der Waals surface area contributed by atoms with Crippen molar-refractivity contribution >= 4 is 11.6 Å². The molecule has 1 aromatic heterocycles. The molecule has 3 rings (SSSR count). The Morgan fingerprint density at radius 3 is 2.52 bits per heavy atom. The molecule has 1 amide bonds. The lowest BCUT2D eigenvalue weighted by molar-refractivity contribution is -0.122. The highest BCUT2D eigenvalue weighted by atomic mass is 19.1. The molecule has 1 aromatic carbocycles. The van der Waals surface area contributed by atoms with Crippen LogP contribution in [0, 0.1) is 5.82 Å². The van der Waals surface area contributed by atoms with Crippen LogP contribution in [0.25, 0.3) is 0 Å². The Morgan fingerprint density at radius 2 is 1.87 bits per heavy atom. The second-order valence-electron chi connectivity index (χ2n) is 5.60. The molecule has 2 aromatic rings. The molecular weight excluding hydrogens is 297 g/mol. The van der Waals surface area contributed by atoms with Crippen molar-refractivity contribution in [2.45, 2.75) is 6.54 Å². The van der Waals surface area contributed by atoms with Crippen LogP contribution in [0.3, 0.4) is 0 Å². The molecule has 0 aliphatic carbocycles. The lowest BCUT2D eigenvalue weighted by Gasteiger charge is -2.35. The van der Waals surface area contributed by atoms with Crippen LogP contribution >= 0.6 is 0 Å². The first-order valence-corrected chi connectivity index (χ1v) is 7.73. The summed E-state index contributed by atoms with van der Waals surface area (Å²) in [6.07, 6.45) is 1.59. The zero-order valence-electron chi connectivity index (χ0n) is 12.9. The molecule has 0 radical (unpaired) electrons. The van der Waals surface area contributed by atoms with Crippen molar-refractivity contribution in [3.8, 4) is 0 Å². The van der Waals surface area contributed by atoms with E-state index < -0.39 is 0 Å². The average molecular weight is 317 g/mol. The minimum absolute atomic E-state index is 0.00312. The van der Waals surface area contributed by atoms with Crippen molar-refractivity contribution in [2.24, 2.45) is 0 Å². The van der Waals surface area contributed by atoms with Crippen molar-refractivity contribution in [1.29, 1.82) is 0 Å². The molecule has 0 bridgehead atoms. The molecule has 0 saturated carbocycles. The van der Waals surface area contributed by atoms with E-state index in [0.717, 1.165) is 37.6 Å². The second kappa shape index (κ2) is 7.28. The van der Waals surface area contributed by atoms with Gasteiger partial charge in [-0.3, -0.25) is 9.69 Å². The van der Waals surface area contributed by atoms with Gasteiger partial charge in [0.2, 0.25) is 5.91 Å². The van der Waals surface area contributed by atoms with Gasteiger partial charge in [-0.2, -0.15) is 0 Å². The van der Waals surface area contributed by atoms with Crippen molar-refractivity contribution in [3.05, 3.63) is 54.2 Å². The number of nitrogens with one attached hydrogen (secondary N) is 1. The predicted molar refractivity (Wildman–Crippen MR) is 85.6 cm³/mol. The molecule has 2 heterocycles. The third-order valence-corrected chi connectivity index (χ3v) is 3.97. The Bertz CT molecular complexity index is 620. The van der Waals surface area contributed by atoms with Crippen LogP contribution in [0.5, 0.6) is 0 Å². The molecule has 1 aliphatic rings. The zero-order chi connectivity index (χ0) is 16.1. The standard InChI is InChI=1S/C17H20FN3O2/c18-14-3-5-15(6-4-14)21-9-7-20(8-10-21)13-17(22)19-12-16-2-1-11-23-16/h1-6,11H,7-10,12-13H2,(H,19,22). The van der Waals surface area contributed by atoms with Crippen LogP contribution < -0.4 is 10.2 Å². The summed E-state index contributed by atoms with van der Waals surface area (Å²) >= 11 is 0. The third-order valence-electron chi connectivity index (χ3n) is 3.97. The van der Waals surface area contributed by atoms with Crippen molar-refractivity contribution in [1.82, 2.24) is 10.2 Å². The van der Waals surface area contributed by atoms with E-state index in [4.69, 9.17) is 4.42 Å². The predicted octanol–water partition coefficient (Wildman–Crippen LogP) is 1.86. The quantitative estimate of drug-likeness (QED) is 0.914. The number of carbonyl (C=O) groups is 1. The maximum atomic E-state index is 13.0. The normalized spacial score (nSPS) is 15.6. The van der Waals surface area contributed by atoms with Gasteiger partial charge < -0.3 is 14.6 Å². The first kappa shape index (κ1) is 15.6. The highest BCUT2D eigenvalue weighted by molar-refractivity contribution is 5.78. The van der Waals surface area contributed by atoms with Gasteiger partial charge in [-0.05, 0) is 36.4 Å². The number of benzene rings is 1. The van der Waals surface area contributed by atoms with E-state index in [1.165, 1.54) is 12.1 Å². The fourth-order valence-electron chi connectivity index (χ4n) is 2.67. The Morgan fingerprint density at radius 1 is 1.13 bits per heavy atom.